The molecule has 1 amide bonds. The summed E-state index contributed by atoms with van der Waals surface area (Å²) in [5.41, 5.74) is 0.830. The third-order valence-electron chi connectivity index (χ3n) is 4.83. The molecular weight excluding hydrogens is 320 g/mol. The lowest BCUT2D eigenvalue weighted by Gasteiger charge is -2.31. The van der Waals surface area contributed by atoms with Crippen molar-refractivity contribution in [3.05, 3.63) is 30.2 Å². The molecule has 1 fully saturated rings. The molecule has 134 valence electrons. The van der Waals surface area contributed by atoms with E-state index in [2.05, 4.69) is 10.2 Å². The SMILES string of the molecule is COC(=O)CC1CCN(C(=O)CCCc2nnc3ccccn23)CC1. The summed E-state index contributed by atoms with van der Waals surface area (Å²) in [6, 6.07) is 5.80. The molecule has 3 heterocycles. The number of carbonyl (C=O) groups is 2. The highest BCUT2D eigenvalue weighted by Gasteiger charge is 2.24. The third-order valence-corrected chi connectivity index (χ3v) is 4.83. The van der Waals surface area contributed by atoms with Gasteiger partial charge in [-0.3, -0.25) is 14.0 Å². The quantitative estimate of drug-likeness (QED) is 0.748. The lowest BCUT2D eigenvalue weighted by Crippen LogP contribution is -2.38. The molecule has 2 aromatic heterocycles. The summed E-state index contributed by atoms with van der Waals surface area (Å²) in [6.07, 6.45) is 6.15. The Morgan fingerprint density at radius 2 is 2.04 bits per heavy atom. The van der Waals surface area contributed by atoms with Crippen LogP contribution in [-0.4, -0.2) is 51.6 Å². The standard InChI is InChI=1S/C18H24N4O3/c1-25-18(24)13-14-8-11-21(12-9-14)17(23)7-4-6-16-20-19-15-5-2-3-10-22(15)16/h2-3,5,10,14H,4,6-9,11-13H2,1H3. The van der Waals surface area contributed by atoms with Crippen LogP contribution < -0.4 is 0 Å². The van der Waals surface area contributed by atoms with Crippen molar-refractivity contribution in [2.45, 2.75) is 38.5 Å². The van der Waals surface area contributed by atoms with Crippen molar-refractivity contribution >= 4 is 17.5 Å². The van der Waals surface area contributed by atoms with Crippen LogP contribution in [0.25, 0.3) is 5.65 Å². The molecule has 0 aliphatic carbocycles. The molecule has 25 heavy (non-hydrogen) atoms. The number of fused-ring (bicyclic) bond motifs is 1. The van der Waals surface area contributed by atoms with Gasteiger partial charge in [-0.1, -0.05) is 6.07 Å². The second-order valence-corrected chi connectivity index (χ2v) is 6.50. The first-order chi connectivity index (χ1) is 12.2. The fraction of sp³-hybridized carbons (Fsp3) is 0.556. The number of ether oxygens (including phenoxy) is 1. The smallest absolute Gasteiger partial charge is 0.305 e. The van der Waals surface area contributed by atoms with Crippen molar-refractivity contribution in [3.63, 3.8) is 0 Å². The number of piperidine rings is 1. The molecule has 7 nitrogen and oxygen atoms in total. The molecule has 0 N–H and O–H groups in total. The minimum absolute atomic E-state index is 0.162. The molecule has 7 heteroatoms. The molecule has 0 unspecified atom stereocenters. The first-order valence-electron chi connectivity index (χ1n) is 8.80. The fourth-order valence-electron chi connectivity index (χ4n) is 3.32. The average Bonchev–Trinajstić information content (AvgIpc) is 3.05. The number of aromatic nitrogens is 3. The van der Waals surface area contributed by atoms with Gasteiger partial charge in [0, 0.05) is 38.5 Å². The summed E-state index contributed by atoms with van der Waals surface area (Å²) in [7, 11) is 1.42. The average molecular weight is 344 g/mol. The predicted molar refractivity (Wildman–Crippen MR) is 91.9 cm³/mol. The van der Waals surface area contributed by atoms with Gasteiger partial charge in [0.1, 0.15) is 5.82 Å². The zero-order chi connectivity index (χ0) is 17.6. The van der Waals surface area contributed by atoms with Crippen LogP contribution in [0, 0.1) is 5.92 Å². The normalized spacial score (nSPS) is 15.5. The van der Waals surface area contributed by atoms with Gasteiger partial charge in [0.2, 0.25) is 5.91 Å². The lowest BCUT2D eigenvalue weighted by atomic mass is 9.93. The molecule has 1 aliphatic heterocycles. The van der Waals surface area contributed by atoms with Gasteiger partial charge >= 0.3 is 5.97 Å². The highest BCUT2D eigenvalue weighted by molar-refractivity contribution is 5.76. The molecule has 0 spiro atoms. The maximum atomic E-state index is 12.4. The number of likely N-dealkylation sites (tertiary alicyclic amines) is 1. The summed E-state index contributed by atoms with van der Waals surface area (Å²) >= 11 is 0. The van der Waals surface area contributed by atoms with Gasteiger partial charge in [0.25, 0.3) is 0 Å². The molecule has 0 bridgehead atoms. The Balaban J connectivity index is 1.42. The highest BCUT2D eigenvalue weighted by atomic mass is 16.5. The predicted octanol–water partition coefficient (Wildman–Crippen LogP) is 1.85. The van der Waals surface area contributed by atoms with E-state index in [4.69, 9.17) is 4.74 Å². The maximum Gasteiger partial charge on any atom is 0.305 e. The minimum Gasteiger partial charge on any atom is -0.469 e. The number of carbonyl (C=O) groups excluding carboxylic acids is 2. The Morgan fingerprint density at radius 1 is 1.24 bits per heavy atom. The van der Waals surface area contributed by atoms with Crippen LogP contribution >= 0.6 is 0 Å². The zero-order valence-electron chi connectivity index (χ0n) is 14.6. The summed E-state index contributed by atoms with van der Waals surface area (Å²) in [5, 5.41) is 8.32. The first kappa shape index (κ1) is 17.4. The third kappa shape index (κ3) is 4.35. The zero-order valence-corrected chi connectivity index (χ0v) is 14.6. The number of amides is 1. The van der Waals surface area contributed by atoms with Crippen molar-refractivity contribution in [2.24, 2.45) is 5.92 Å². The maximum absolute atomic E-state index is 12.4. The van der Waals surface area contributed by atoms with E-state index in [-0.39, 0.29) is 11.9 Å². The van der Waals surface area contributed by atoms with E-state index >= 15 is 0 Å². The van der Waals surface area contributed by atoms with Crippen LogP contribution in [0.2, 0.25) is 0 Å². The number of rotatable bonds is 6. The van der Waals surface area contributed by atoms with E-state index in [0.29, 0.717) is 18.8 Å². The Morgan fingerprint density at radius 3 is 2.80 bits per heavy atom. The van der Waals surface area contributed by atoms with Crippen LogP contribution in [0.4, 0.5) is 0 Å². The van der Waals surface area contributed by atoms with Crippen LogP contribution in [0.3, 0.4) is 0 Å². The Kier molecular flexibility index (Phi) is 5.63. The molecule has 0 saturated carbocycles. The van der Waals surface area contributed by atoms with Crippen molar-refractivity contribution in [1.29, 1.82) is 0 Å². The van der Waals surface area contributed by atoms with Gasteiger partial charge in [-0.15, -0.1) is 10.2 Å². The first-order valence-corrected chi connectivity index (χ1v) is 8.80. The molecule has 1 saturated heterocycles. The highest BCUT2D eigenvalue weighted by Crippen LogP contribution is 2.21. The number of hydrogen-bond donors (Lipinski definition) is 0. The lowest BCUT2D eigenvalue weighted by molar-refractivity contribution is -0.142. The van der Waals surface area contributed by atoms with Crippen LogP contribution in [-0.2, 0) is 20.7 Å². The second-order valence-electron chi connectivity index (χ2n) is 6.50. The Labute approximate surface area is 147 Å². The topological polar surface area (TPSA) is 76.8 Å². The van der Waals surface area contributed by atoms with E-state index in [1.54, 1.807) is 0 Å². The van der Waals surface area contributed by atoms with Crippen molar-refractivity contribution in [1.82, 2.24) is 19.5 Å². The molecule has 1 aliphatic rings. The van der Waals surface area contributed by atoms with Crippen LogP contribution in [0.1, 0.15) is 37.9 Å². The van der Waals surface area contributed by atoms with E-state index in [0.717, 1.165) is 50.2 Å². The van der Waals surface area contributed by atoms with E-state index in [1.165, 1.54) is 7.11 Å². The Hall–Kier alpha value is -2.44. The van der Waals surface area contributed by atoms with Crippen molar-refractivity contribution < 1.29 is 14.3 Å². The number of aryl methyl sites for hydroxylation is 1. The minimum atomic E-state index is -0.162. The number of pyridine rings is 1. The monoisotopic (exact) mass is 344 g/mol. The van der Waals surface area contributed by atoms with Gasteiger partial charge in [-0.05, 0) is 37.3 Å². The van der Waals surface area contributed by atoms with Crippen molar-refractivity contribution in [3.8, 4) is 0 Å². The fourth-order valence-corrected chi connectivity index (χ4v) is 3.32. The number of hydrogen-bond acceptors (Lipinski definition) is 5. The van der Waals surface area contributed by atoms with Gasteiger partial charge in [0.15, 0.2) is 5.65 Å². The number of esters is 1. The summed E-state index contributed by atoms with van der Waals surface area (Å²) in [6.45, 7) is 1.46. The van der Waals surface area contributed by atoms with Gasteiger partial charge in [0.05, 0.1) is 7.11 Å². The van der Waals surface area contributed by atoms with Gasteiger partial charge < -0.3 is 9.64 Å². The summed E-state index contributed by atoms with van der Waals surface area (Å²) in [4.78, 5) is 25.6. The van der Waals surface area contributed by atoms with Crippen LogP contribution in [0.5, 0.6) is 0 Å². The van der Waals surface area contributed by atoms with E-state index in [1.807, 2.05) is 33.7 Å². The van der Waals surface area contributed by atoms with E-state index < -0.39 is 0 Å². The molecule has 0 atom stereocenters. The molecule has 0 radical (unpaired) electrons. The number of nitrogens with zero attached hydrogens (tertiary/aromatic N) is 4. The Bertz CT molecular complexity index is 735. The largest absolute Gasteiger partial charge is 0.469 e. The summed E-state index contributed by atoms with van der Waals surface area (Å²) < 4.78 is 6.67. The van der Waals surface area contributed by atoms with Crippen LogP contribution in [0.15, 0.2) is 24.4 Å². The number of methoxy groups -OCH3 is 1. The molecule has 0 aromatic carbocycles. The molecule has 3 rings (SSSR count). The summed E-state index contributed by atoms with van der Waals surface area (Å²) in [5.74, 6) is 1.25. The second kappa shape index (κ2) is 8.09. The molecular formula is C18H24N4O3. The molecule has 2 aromatic rings. The van der Waals surface area contributed by atoms with E-state index in [9.17, 15) is 9.59 Å². The van der Waals surface area contributed by atoms with Crippen molar-refractivity contribution in [2.75, 3.05) is 20.2 Å². The van der Waals surface area contributed by atoms with Gasteiger partial charge in [-0.2, -0.15) is 0 Å². The van der Waals surface area contributed by atoms with Gasteiger partial charge in [-0.25, -0.2) is 0 Å².